The SMILES string of the molecule is c1ccc(-c2ccc(N(c3cccc4c3sc3ccccc34)c3cc(-c4ccc(-c5cc(-c6ccccc6)cc(-c6ccccc6)c5)cc4)cc4oc5ccc6ccccc6c5c34)cc2)cc1. The molecule has 0 atom stereocenters. The molecule has 0 saturated carbocycles. The summed E-state index contributed by atoms with van der Waals surface area (Å²) in [6, 6.07) is 90.1. The molecule has 0 radical (unpaired) electrons. The van der Waals surface area contributed by atoms with E-state index in [1.165, 1.54) is 69.9 Å². The smallest absolute Gasteiger partial charge is 0.138 e. The molecule has 0 fully saturated rings. The Bertz CT molecular complexity index is 3890. The molecule has 2 aromatic heterocycles. The van der Waals surface area contributed by atoms with Crippen LogP contribution < -0.4 is 4.90 Å². The van der Waals surface area contributed by atoms with E-state index in [9.17, 15) is 0 Å². The largest absolute Gasteiger partial charge is 0.456 e. The van der Waals surface area contributed by atoms with Gasteiger partial charge < -0.3 is 9.32 Å². The highest BCUT2D eigenvalue weighted by Crippen LogP contribution is 2.50. The third-order valence-electron chi connectivity index (χ3n) is 13.2. The number of hydrogen-bond donors (Lipinski definition) is 0. The average molecular weight is 872 g/mol. The molecule has 0 aliphatic heterocycles. The van der Waals surface area contributed by atoms with Crippen molar-refractivity contribution in [3.05, 3.63) is 249 Å². The van der Waals surface area contributed by atoms with E-state index in [1.807, 2.05) is 11.3 Å². The van der Waals surface area contributed by atoms with Crippen molar-refractivity contribution in [3.8, 4) is 55.6 Å². The van der Waals surface area contributed by atoms with Gasteiger partial charge in [0.25, 0.3) is 0 Å². The van der Waals surface area contributed by atoms with Crippen molar-refractivity contribution < 1.29 is 4.42 Å². The second kappa shape index (κ2) is 16.2. The maximum atomic E-state index is 6.98. The van der Waals surface area contributed by atoms with Crippen molar-refractivity contribution in [1.82, 2.24) is 0 Å². The molecule has 0 spiro atoms. The third kappa shape index (κ3) is 6.88. The molecule has 2 nitrogen and oxygen atoms in total. The minimum atomic E-state index is 0.848. The van der Waals surface area contributed by atoms with Crippen molar-refractivity contribution in [3.63, 3.8) is 0 Å². The number of anilines is 3. The van der Waals surface area contributed by atoms with Crippen LogP contribution in [0.25, 0.3) is 109 Å². The lowest BCUT2D eigenvalue weighted by Gasteiger charge is -2.28. The Morgan fingerprint density at radius 2 is 0.791 bits per heavy atom. The van der Waals surface area contributed by atoms with Crippen LogP contribution in [0.1, 0.15) is 0 Å². The fraction of sp³-hybridized carbons (Fsp3) is 0. The van der Waals surface area contributed by atoms with Crippen LogP contribution in [0.3, 0.4) is 0 Å². The Kier molecular flexibility index (Phi) is 9.40. The van der Waals surface area contributed by atoms with Crippen molar-refractivity contribution in [2.75, 3.05) is 4.90 Å². The first-order valence-electron chi connectivity index (χ1n) is 22.8. The monoisotopic (exact) mass is 871 g/mol. The Labute approximate surface area is 392 Å². The average Bonchev–Trinajstić information content (AvgIpc) is 3.99. The highest BCUT2D eigenvalue weighted by Gasteiger charge is 2.25. The van der Waals surface area contributed by atoms with Crippen molar-refractivity contribution >= 4 is 81.3 Å². The summed E-state index contributed by atoms with van der Waals surface area (Å²) in [7, 11) is 0. The minimum Gasteiger partial charge on any atom is -0.456 e. The zero-order chi connectivity index (χ0) is 44.3. The number of rotatable bonds is 8. The first-order valence-corrected chi connectivity index (χ1v) is 23.6. The zero-order valence-electron chi connectivity index (χ0n) is 36.4. The van der Waals surface area contributed by atoms with Gasteiger partial charge in [0.1, 0.15) is 11.2 Å². The van der Waals surface area contributed by atoms with Gasteiger partial charge in [0.2, 0.25) is 0 Å². The van der Waals surface area contributed by atoms with E-state index in [2.05, 4.69) is 254 Å². The summed E-state index contributed by atoms with van der Waals surface area (Å²) in [6.45, 7) is 0. The van der Waals surface area contributed by atoms with Crippen LogP contribution in [0.15, 0.2) is 253 Å². The van der Waals surface area contributed by atoms with E-state index in [-0.39, 0.29) is 0 Å². The molecular formula is C64H41NOS. The molecule has 67 heavy (non-hydrogen) atoms. The van der Waals surface area contributed by atoms with Crippen LogP contribution in [0.4, 0.5) is 17.1 Å². The maximum Gasteiger partial charge on any atom is 0.138 e. The zero-order valence-corrected chi connectivity index (χ0v) is 37.3. The molecule has 13 aromatic rings. The van der Waals surface area contributed by atoms with Crippen LogP contribution >= 0.6 is 11.3 Å². The van der Waals surface area contributed by atoms with Gasteiger partial charge in [-0.05, 0) is 127 Å². The number of thiophene rings is 1. The van der Waals surface area contributed by atoms with Gasteiger partial charge >= 0.3 is 0 Å². The van der Waals surface area contributed by atoms with Gasteiger partial charge in [-0.15, -0.1) is 11.3 Å². The second-order valence-electron chi connectivity index (χ2n) is 17.2. The van der Waals surface area contributed by atoms with Gasteiger partial charge in [0.15, 0.2) is 0 Å². The van der Waals surface area contributed by atoms with Gasteiger partial charge in [-0.3, -0.25) is 0 Å². The molecule has 0 bridgehead atoms. The van der Waals surface area contributed by atoms with E-state index < -0.39 is 0 Å². The molecule has 2 heterocycles. The summed E-state index contributed by atoms with van der Waals surface area (Å²) in [5.41, 5.74) is 16.6. The Morgan fingerprint density at radius 1 is 0.299 bits per heavy atom. The molecule has 0 saturated heterocycles. The predicted octanol–water partition coefficient (Wildman–Crippen LogP) is 18.9. The lowest BCUT2D eigenvalue weighted by Crippen LogP contribution is -2.11. The number of nitrogens with zero attached hydrogens (tertiary/aromatic N) is 1. The summed E-state index contributed by atoms with van der Waals surface area (Å²) in [5.74, 6) is 0. The van der Waals surface area contributed by atoms with Gasteiger partial charge in [0.05, 0.1) is 21.5 Å². The lowest BCUT2D eigenvalue weighted by atomic mass is 9.92. The number of hydrogen-bond acceptors (Lipinski definition) is 3. The number of furan rings is 1. The highest BCUT2D eigenvalue weighted by atomic mass is 32.1. The van der Waals surface area contributed by atoms with E-state index in [1.54, 1.807) is 0 Å². The van der Waals surface area contributed by atoms with Crippen molar-refractivity contribution in [1.29, 1.82) is 0 Å². The van der Waals surface area contributed by atoms with Crippen LogP contribution in [-0.4, -0.2) is 0 Å². The molecular weight excluding hydrogens is 831 g/mol. The molecule has 11 aromatic carbocycles. The summed E-state index contributed by atoms with van der Waals surface area (Å²) in [6.07, 6.45) is 0. The summed E-state index contributed by atoms with van der Waals surface area (Å²) in [5, 5.41) is 7.08. The van der Waals surface area contributed by atoms with E-state index in [4.69, 9.17) is 4.42 Å². The van der Waals surface area contributed by atoms with Crippen LogP contribution in [-0.2, 0) is 0 Å². The predicted molar refractivity (Wildman–Crippen MR) is 286 cm³/mol. The maximum absolute atomic E-state index is 6.98. The van der Waals surface area contributed by atoms with Crippen LogP contribution in [0, 0.1) is 0 Å². The lowest BCUT2D eigenvalue weighted by molar-refractivity contribution is 0.669. The fourth-order valence-corrected chi connectivity index (χ4v) is 11.2. The first-order chi connectivity index (χ1) is 33.2. The minimum absolute atomic E-state index is 0.848. The summed E-state index contributed by atoms with van der Waals surface area (Å²) < 4.78 is 9.49. The summed E-state index contributed by atoms with van der Waals surface area (Å²) >= 11 is 1.85. The van der Waals surface area contributed by atoms with Crippen molar-refractivity contribution in [2.45, 2.75) is 0 Å². The van der Waals surface area contributed by atoms with E-state index >= 15 is 0 Å². The number of fused-ring (bicyclic) bond motifs is 8. The molecule has 3 heteroatoms. The van der Waals surface area contributed by atoms with Gasteiger partial charge in [-0.1, -0.05) is 188 Å². The molecule has 0 N–H and O–H groups in total. The van der Waals surface area contributed by atoms with E-state index in [0.717, 1.165) is 55.7 Å². The Balaban J connectivity index is 1.03. The molecule has 0 aliphatic rings. The quantitative estimate of drug-likeness (QED) is 0.151. The first kappa shape index (κ1) is 38.9. The molecule has 0 amide bonds. The molecule has 314 valence electrons. The standard InChI is InChI=1S/C64H41NOS/c1-4-15-42(16-5-1)45-31-34-53(35-32-45)65(57-25-14-24-56-55-23-12-13-26-61(55)67-64(56)57)58-40-52(41-60-63(58)62-54-22-11-10-21-48(54)33-36-59(62)66-60)47-29-27-46(28-30-47)51-38-49(43-17-6-2-7-18-43)37-50(39-51)44-19-8-3-9-20-44/h1-41H. The summed E-state index contributed by atoms with van der Waals surface area (Å²) in [4.78, 5) is 2.48. The van der Waals surface area contributed by atoms with Crippen LogP contribution in [0.5, 0.6) is 0 Å². The molecule has 13 rings (SSSR count). The van der Waals surface area contributed by atoms with Gasteiger partial charge in [-0.2, -0.15) is 0 Å². The fourth-order valence-electron chi connectivity index (χ4n) is 9.98. The van der Waals surface area contributed by atoms with Crippen LogP contribution in [0.2, 0.25) is 0 Å². The second-order valence-corrected chi connectivity index (χ2v) is 18.3. The molecule has 0 aliphatic carbocycles. The van der Waals surface area contributed by atoms with E-state index in [0.29, 0.717) is 0 Å². The Hall–Kier alpha value is -8.50. The number of benzene rings is 11. The van der Waals surface area contributed by atoms with Gasteiger partial charge in [-0.25, -0.2) is 0 Å². The highest BCUT2D eigenvalue weighted by molar-refractivity contribution is 7.26. The Morgan fingerprint density at radius 3 is 1.43 bits per heavy atom. The molecule has 0 unspecified atom stereocenters. The topological polar surface area (TPSA) is 16.4 Å². The van der Waals surface area contributed by atoms with Gasteiger partial charge in [0, 0.05) is 26.5 Å². The normalized spacial score (nSPS) is 11.6. The third-order valence-corrected chi connectivity index (χ3v) is 14.4. The van der Waals surface area contributed by atoms with Crippen molar-refractivity contribution in [2.24, 2.45) is 0 Å².